The summed E-state index contributed by atoms with van der Waals surface area (Å²) in [6.07, 6.45) is 10.9. The van der Waals surface area contributed by atoms with Gasteiger partial charge in [0.2, 0.25) is 0 Å². The van der Waals surface area contributed by atoms with Crippen LogP contribution in [-0.4, -0.2) is 21.8 Å². The number of fused-ring (bicyclic) bond motifs is 3. The molecule has 1 aromatic heterocycles. The SMILES string of the molecule is O=C(c1ccccc1)c1ccc(CN2C=CC(C=Cc3ccc(-n4c5ccccc5c5ccccc54)cc3)=CC2)cc1. The molecule has 0 saturated carbocycles. The first-order valence-electron chi connectivity index (χ1n) is 14.3. The molecule has 0 unspecified atom stereocenters. The number of carbonyl (C=O) groups excluding carboxylic acids is 1. The molecule has 1 aliphatic heterocycles. The topological polar surface area (TPSA) is 25.2 Å². The molecule has 3 heteroatoms. The standard InChI is InChI=1S/C39H30N2O/c42-39(32-8-2-1-3-9-32)33-20-16-31(17-21-33)28-40-26-24-30(25-27-40)15-14-29-18-22-34(23-19-29)41-37-12-6-4-10-35(37)36-11-5-7-13-38(36)41/h1-26H,27-28H2. The van der Waals surface area contributed by atoms with Crippen molar-refractivity contribution in [3.05, 3.63) is 180 Å². The second-order valence-corrected chi connectivity index (χ2v) is 10.6. The Morgan fingerprint density at radius 1 is 0.643 bits per heavy atom. The average Bonchev–Trinajstić information content (AvgIpc) is 3.40. The molecule has 0 radical (unpaired) electrons. The first-order valence-corrected chi connectivity index (χ1v) is 14.3. The second-order valence-electron chi connectivity index (χ2n) is 10.6. The number of benzene rings is 5. The van der Waals surface area contributed by atoms with Crippen molar-refractivity contribution in [2.24, 2.45) is 0 Å². The van der Waals surface area contributed by atoms with Gasteiger partial charge in [-0.1, -0.05) is 121 Å². The van der Waals surface area contributed by atoms with Gasteiger partial charge in [-0.2, -0.15) is 0 Å². The van der Waals surface area contributed by atoms with Crippen LogP contribution >= 0.6 is 0 Å². The van der Waals surface area contributed by atoms with E-state index < -0.39 is 0 Å². The third-order valence-electron chi connectivity index (χ3n) is 7.88. The van der Waals surface area contributed by atoms with E-state index in [0.29, 0.717) is 5.56 Å². The lowest BCUT2D eigenvalue weighted by Gasteiger charge is -2.22. The van der Waals surface area contributed by atoms with Crippen LogP contribution in [-0.2, 0) is 6.54 Å². The predicted molar refractivity (Wildman–Crippen MR) is 174 cm³/mol. The zero-order chi connectivity index (χ0) is 28.3. The van der Waals surface area contributed by atoms with Crippen molar-refractivity contribution in [2.45, 2.75) is 6.54 Å². The Kier molecular flexibility index (Phi) is 6.83. The minimum absolute atomic E-state index is 0.0562. The highest BCUT2D eigenvalue weighted by atomic mass is 16.1. The fraction of sp³-hybridized carbons (Fsp3) is 0.0513. The van der Waals surface area contributed by atoms with E-state index in [2.05, 4.69) is 113 Å². The summed E-state index contributed by atoms with van der Waals surface area (Å²) in [5.74, 6) is 0.0562. The fourth-order valence-corrected chi connectivity index (χ4v) is 5.66. The average molecular weight is 543 g/mol. The molecule has 7 rings (SSSR count). The van der Waals surface area contributed by atoms with Crippen LogP contribution in [0.3, 0.4) is 0 Å². The van der Waals surface area contributed by atoms with E-state index >= 15 is 0 Å². The highest BCUT2D eigenvalue weighted by Gasteiger charge is 2.12. The van der Waals surface area contributed by atoms with Gasteiger partial charge in [0, 0.05) is 46.9 Å². The summed E-state index contributed by atoms with van der Waals surface area (Å²) in [4.78, 5) is 14.9. The van der Waals surface area contributed by atoms with Crippen molar-refractivity contribution in [2.75, 3.05) is 6.54 Å². The van der Waals surface area contributed by atoms with Crippen molar-refractivity contribution in [3.8, 4) is 5.69 Å². The molecule has 0 amide bonds. The summed E-state index contributed by atoms with van der Waals surface area (Å²) in [6, 6.07) is 43.3. The number of rotatable bonds is 7. The van der Waals surface area contributed by atoms with E-state index in [0.717, 1.165) is 24.3 Å². The van der Waals surface area contributed by atoms with Crippen molar-refractivity contribution < 1.29 is 4.79 Å². The zero-order valence-electron chi connectivity index (χ0n) is 23.2. The van der Waals surface area contributed by atoms with Crippen LogP contribution in [0.5, 0.6) is 0 Å². The van der Waals surface area contributed by atoms with Crippen molar-refractivity contribution in [1.29, 1.82) is 0 Å². The van der Waals surface area contributed by atoms with Crippen LogP contribution in [0.2, 0.25) is 0 Å². The normalized spacial score (nSPS) is 13.2. The zero-order valence-corrected chi connectivity index (χ0v) is 23.2. The van der Waals surface area contributed by atoms with E-state index in [9.17, 15) is 4.79 Å². The Morgan fingerprint density at radius 3 is 1.90 bits per heavy atom. The number of carbonyl (C=O) groups is 1. The molecule has 2 heterocycles. The molecule has 3 nitrogen and oxygen atoms in total. The third kappa shape index (κ3) is 5.09. The summed E-state index contributed by atoms with van der Waals surface area (Å²) in [6.45, 7) is 1.64. The van der Waals surface area contributed by atoms with Crippen molar-refractivity contribution in [1.82, 2.24) is 9.47 Å². The van der Waals surface area contributed by atoms with E-state index in [4.69, 9.17) is 0 Å². The maximum Gasteiger partial charge on any atom is 0.193 e. The molecule has 0 atom stereocenters. The summed E-state index contributed by atoms with van der Waals surface area (Å²) >= 11 is 0. The molecule has 5 aromatic carbocycles. The molecule has 0 N–H and O–H groups in total. The van der Waals surface area contributed by atoms with E-state index in [1.165, 1.54) is 38.5 Å². The van der Waals surface area contributed by atoms with Crippen molar-refractivity contribution in [3.63, 3.8) is 0 Å². The lowest BCUT2D eigenvalue weighted by atomic mass is 10.0. The van der Waals surface area contributed by atoms with Crippen LogP contribution in [0, 0.1) is 0 Å². The van der Waals surface area contributed by atoms with Gasteiger partial charge in [0.25, 0.3) is 0 Å². The van der Waals surface area contributed by atoms with Crippen LogP contribution in [0.25, 0.3) is 33.6 Å². The van der Waals surface area contributed by atoms with E-state index in [1.54, 1.807) is 0 Å². The molecule has 0 saturated heterocycles. The van der Waals surface area contributed by atoms with Gasteiger partial charge in [-0.25, -0.2) is 0 Å². The number of hydrogen-bond donors (Lipinski definition) is 0. The summed E-state index contributed by atoms with van der Waals surface area (Å²) in [7, 11) is 0. The van der Waals surface area contributed by atoms with Crippen molar-refractivity contribution >= 4 is 33.7 Å². The number of para-hydroxylation sites is 2. The van der Waals surface area contributed by atoms with Gasteiger partial charge in [0.1, 0.15) is 0 Å². The maximum absolute atomic E-state index is 12.7. The van der Waals surface area contributed by atoms with Gasteiger partial charge in [0.15, 0.2) is 5.78 Å². The number of ketones is 1. The minimum Gasteiger partial charge on any atom is -0.369 e. The van der Waals surface area contributed by atoms with Gasteiger partial charge >= 0.3 is 0 Å². The fourth-order valence-electron chi connectivity index (χ4n) is 5.66. The first kappa shape index (κ1) is 25.6. The van der Waals surface area contributed by atoms with Gasteiger partial charge in [-0.15, -0.1) is 0 Å². The highest BCUT2D eigenvalue weighted by molar-refractivity contribution is 6.09. The Bertz CT molecular complexity index is 1920. The quantitative estimate of drug-likeness (QED) is 0.188. The number of nitrogens with zero attached hydrogens (tertiary/aromatic N) is 2. The molecule has 0 aliphatic carbocycles. The van der Waals surface area contributed by atoms with Crippen LogP contribution < -0.4 is 0 Å². The minimum atomic E-state index is 0.0562. The highest BCUT2D eigenvalue weighted by Crippen LogP contribution is 2.31. The molecule has 202 valence electrons. The lowest BCUT2D eigenvalue weighted by Crippen LogP contribution is -2.19. The third-order valence-corrected chi connectivity index (χ3v) is 7.88. The van der Waals surface area contributed by atoms with E-state index in [-0.39, 0.29) is 5.78 Å². The molecule has 6 aromatic rings. The lowest BCUT2D eigenvalue weighted by molar-refractivity contribution is 0.103. The summed E-state index contributed by atoms with van der Waals surface area (Å²) in [5, 5.41) is 2.55. The van der Waals surface area contributed by atoms with Gasteiger partial charge in [-0.3, -0.25) is 4.79 Å². The smallest absolute Gasteiger partial charge is 0.193 e. The number of aromatic nitrogens is 1. The van der Waals surface area contributed by atoms with Gasteiger partial charge < -0.3 is 9.47 Å². The Morgan fingerprint density at radius 2 is 1.26 bits per heavy atom. The Hall–Kier alpha value is -5.41. The number of allylic oxidation sites excluding steroid dienone is 3. The van der Waals surface area contributed by atoms with Crippen LogP contribution in [0.15, 0.2) is 157 Å². The molecule has 0 fully saturated rings. The molecule has 42 heavy (non-hydrogen) atoms. The van der Waals surface area contributed by atoms with Gasteiger partial charge in [-0.05, 0) is 47.0 Å². The van der Waals surface area contributed by atoms with Gasteiger partial charge in [0.05, 0.1) is 11.0 Å². The monoisotopic (exact) mass is 542 g/mol. The summed E-state index contributed by atoms with van der Waals surface area (Å²) in [5.41, 5.74) is 8.59. The molecular formula is C39H30N2O. The molecule has 0 spiro atoms. The molecule has 0 bridgehead atoms. The Balaban J connectivity index is 0.995. The predicted octanol–water partition coefficient (Wildman–Crippen LogP) is 8.98. The molecular weight excluding hydrogens is 512 g/mol. The van der Waals surface area contributed by atoms with E-state index in [1.807, 2.05) is 54.6 Å². The second kappa shape index (κ2) is 11.2. The van der Waals surface area contributed by atoms with Crippen LogP contribution in [0.4, 0.5) is 0 Å². The van der Waals surface area contributed by atoms with Crippen LogP contribution in [0.1, 0.15) is 27.0 Å². The largest absolute Gasteiger partial charge is 0.369 e. The number of hydrogen-bond acceptors (Lipinski definition) is 2. The maximum atomic E-state index is 12.7. The summed E-state index contributed by atoms with van der Waals surface area (Å²) < 4.78 is 2.34. The molecule has 1 aliphatic rings. The first-order chi connectivity index (χ1) is 20.7. The Labute approximate surface area is 246 Å².